The Balaban J connectivity index is 1.63. The Bertz CT molecular complexity index is 339. The highest BCUT2D eigenvalue weighted by molar-refractivity contribution is 6.05. The van der Waals surface area contributed by atoms with E-state index in [2.05, 4.69) is 12.2 Å². The van der Waals surface area contributed by atoms with Gasteiger partial charge < -0.3 is 5.32 Å². The summed E-state index contributed by atoms with van der Waals surface area (Å²) in [5, 5.41) is 3.44. The summed E-state index contributed by atoms with van der Waals surface area (Å²) < 4.78 is 0. The molecule has 2 saturated heterocycles. The number of fused-ring (bicyclic) bond motifs is 1. The van der Waals surface area contributed by atoms with E-state index in [9.17, 15) is 9.59 Å². The summed E-state index contributed by atoms with van der Waals surface area (Å²) in [6, 6.07) is 0.575. The van der Waals surface area contributed by atoms with Crippen LogP contribution in [0.4, 0.5) is 0 Å². The summed E-state index contributed by atoms with van der Waals surface area (Å²) in [4.78, 5) is 26.0. The van der Waals surface area contributed by atoms with Crippen molar-refractivity contribution in [3.63, 3.8) is 0 Å². The van der Waals surface area contributed by atoms with Gasteiger partial charge in [-0.2, -0.15) is 0 Å². The first kappa shape index (κ1) is 12.2. The van der Waals surface area contributed by atoms with E-state index in [1.165, 1.54) is 0 Å². The zero-order valence-electron chi connectivity index (χ0n) is 11.0. The molecule has 0 aromatic heterocycles. The van der Waals surface area contributed by atoms with Crippen LogP contribution in [-0.4, -0.2) is 35.8 Å². The lowest BCUT2D eigenvalue weighted by Crippen LogP contribution is -2.44. The van der Waals surface area contributed by atoms with E-state index < -0.39 is 0 Å². The second-order valence-electron chi connectivity index (χ2n) is 6.18. The molecule has 3 fully saturated rings. The quantitative estimate of drug-likeness (QED) is 0.748. The van der Waals surface area contributed by atoms with Crippen molar-refractivity contribution in [2.24, 2.45) is 17.8 Å². The molecule has 3 rings (SSSR count). The Hall–Kier alpha value is -0.900. The van der Waals surface area contributed by atoms with Crippen LogP contribution in [0.5, 0.6) is 0 Å². The minimum absolute atomic E-state index is 0.0213. The minimum Gasteiger partial charge on any atom is -0.314 e. The second kappa shape index (κ2) is 4.65. The zero-order chi connectivity index (χ0) is 12.7. The lowest BCUT2D eigenvalue weighted by molar-refractivity contribution is -0.141. The maximum atomic E-state index is 12.2. The van der Waals surface area contributed by atoms with Gasteiger partial charge in [-0.3, -0.25) is 14.5 Å². The van der Waals surface area contributed by atoms with Crippen molar-refractivity contribution in [2.75, 3.05) is 13.1 Å². The van der Waals surface area contributed by atoms with Gasteiger partial charge in [0, 0.05) is 12.6 Å². The lowest BCUT2D eigenvalue weighted by Gasteiger charge is -2.30. The molecule has 3 aliphatic rings. The van der Waals surface area contributed by atoms with E-state index in [4.69, 9.17) is 0 Å². The lowest BCUT2D eigenvalue weighted by atomic mass is 9.95. The van der Waals surface area contributed by atoms with Gasteiger partial charge in [0.25, 0.3) is 0 Å². The number of carbonyl (C=O) groups excluding carboxylic acids is 2. The molecule has 1 aliphatic carbocycles. The number of carbonyl (C=O) groups is 2. The molecule has 1 saturated carbocycles. The highest BCUT2D eigenvalue weighted by atomic mass is 16.2. The van der Waals surface area contributed by atoms with Gasteiger partial charge in [0.05, 0.1) is 11.8 Å². The van der Waals surface area contributed by atoms with E-state index >= 15 is 0 Å². The highest BCUT2D eigenvalue weighted by Crippen LogP contribution is 2.40. The molecule has 1 N–H and O–H groups in total. The first-order valence-electron chi connectivity index (χ1n) is 7.25. The molecule has 0 spiro atoms. The molecule has 0 aromatic rings. The Morgan fingerprint density at radius 3 is 2.33 bits per heavy atom. The van der Waals surface area contributed by atoms with Crippen LogP contribution in [-0.2, 0) is 9.59 Å². The molecule has 18 heavy (non-hydrogen) atoms. The Kier molecular flexibility index (Phi) is 3.14. The molecule has 2 amide bonds. The summed E-state index contributed by atoms with van der Waals surface area (Å²) in [5.74, 6) is 0.719. The summed E-state index contributed by atoms with van der Waals surface area (Å²) in [6.45, 7) is 3.77. The summed E-state index contributed by atoms with van der Waals surface area (Å²) in [5.41, 5.74) is 0. The van der Waals surface area contributed by atoms with Gasteiger partial charge in [-0.15, -0.1) is 0 Å². The number of hydrogen-bond acceptors (Lipinski definition) is 3. The Morgan fingerprint density at radius 2 is 1.78 bits per heavy atom. The topological polar surface area (TPSA) is 49.4 Å². The molecule has 100 valence electrons. The number of piperidine rings is 1. The van der Waals surface area contributed by atoms with Crippen LogP contribution in [0.2, 0.25) is 0 Å². The van der Waals surface area contributed by atoms with Crippen molar-refractivity contribution in [3.05, 3.63) is 0 Å². The number of nitrogens with zero attached hydrogens (tertiary/aromatic N) is 1. The van der Waals surface area contributed by atoms with Crippen molar-refractivity contribution in [2.45, 2.75) is 45.1 Å². The van der Waals surface area contributed by atoms with Gasteiger partial charge in [0.15, 0.2) is 0 Å². The van der Waals surface area contributed by atoms with Crippen LogP contribution in [0, 0.1) is 17.8 Å². The monoisotopic (exact) mass is 250 g/mol. The predicted molar refractivity (Wildman–Crippen MR) is 67.7 cm³/mol. The van der Waals surface area contributed by atoms with Gasteiger partial charge >= 0.3 is 0 Å². The molecule has 4 unspecified atom stereocenters. The molecule has 4 heteroatoms. The summed E-state index contributed by atoms with van der Waals surface area (Å²) >= 11 is 0. The van der Waals surface area contributed by atoms with E-state index in [0.717, 1.165) is 38.6 Å². The number of amides is 2. The first-order valence-corrected chi connectivity index (χ1v) is 7.25. The number of imide groups is 1. The molecule has 0 aromatic carbocycles. The number of rotatable bonds is 2. The summed E-state index contributed by atoms with van der Waals surface area (Å²) in [7, 11) is 0. The molecule has 2 heterocycles. The van der Waals surface area contributed by atoms with Crippen LogP contribution < -0.4 is 5.32 Å². The van der Waals surface area contributed by atoms with Crippen LogP contribution in [0.3, 0.4) is 0 Å². The normalized spacial score (nSPS) is 40.4. The van der Waals surface area contributed by atoms with Crippen LogP contribution >= 0.6 is 0 Å². The fourth-order valence-corrected chi connectivity index (χ4v) is 3.71. The highest BCUT2D eigenvalue weighted by Gasteiger charge is 2.49. The predicted octanol–water partition coefficient (Wildman–Crippen LogP) is 1.16. The largest absolute Gasteiger partial charge is 0.314 e. The minimum atomic E-state index is 0.0213. The maximum absolute atomic E-state index is 12.2. The van der Waals surface area contributed by atoms with Gasteiger partial charge in [-0.25, -0.2) is 0 Å². The molecule has 4 nitrogen and oxygen atoms in total. The fourth-order valence-electron chi connectivity index (χ4n) is 3.71. The molecular weight excluding hydrogens is 228 g/mol. The van der Waals surface area contributed by atoms with E-state index in [1.807, 2.05) is 0 Å². The first-order chi connectivity index (χ1) is 8.66. The Labute approximate surface area is 108 Å². The number of likely N-dealkylation sites (tertiary alicyclic amines) is 1. The molecular formula is C14H22N2O2. The van der Waals surface area contributed by atoms with Crippen LogP contribution in [0.1, 0.15) is 39.0 Å². The van der Waals surface area contributed by atoms with Crippen molar-refractivity contribution in [1.29, 1.82) is 0 Å². The Morgan fingerprint density at radius 1 is 1.11 bits per heavy atom. The third-order valence-corrected chi connectivity index (χ3v) is 4.89. The van der Waals surface area contributed by atoms with Crippen LogP contribution in [0.15, 0.2) is 0 Å². The number of nitrogens with one attached hydrogen (secondary N) is 1. The SMILES string of the molecule is CC1CCC(CN2C(=O)C3CCCC3C2=O)CN1. The molecule has 0 radical (unpaired) electrons. The van der Waals surface area contributed by atoms with Gasteiger partial charge in [0.1, 0.15) is 0 Å². The van der Waals surface area contributed by atoms with E-state index in [0.29, 0.717) is 18.5 Å². The number of hydrogen-bond donors (Lipinski definition) is 1. The van der Waals surface area contributed by atoms with Gasteiger partial charge in [-0.1, -0.05) is 6.42 Å². The second-order valence-corrected chi connectivity index (χ2v) is 6.18. The van der Waals surface area contributed by atoms with Crippen molar-refractivity contribution >= 4 is 11.8 Å². The third-order valence-electron chi connectivity index (χ3n) is 4.89. The van der Waals surface area contributed by atoms with Crippen molar-refractivity contribution in [3.8, 4) is 0 Å². The summed E-state index contributed by atoms with van der Waals surface area (Å²) in [6.07, 6.45) is 5.16. The van der Waals surface area contributed by atoms with Gasteiger partial charge in [-0.05, 0) is 45.1 Å². The molecule has 0 bridgehead atoms. The average Bonchev–Trinajstić information content (AvgIpc) is 2.92. The van der Waals surface area contributed by atoms with Gasteiger partial charge in [0.2, 0.25) is 11.8 Å². The average molecular weight is 250 g/mol. The van der Waals surface area contributed by atoms with Crippen molar-refractivity contribution in [1.82, 2.24) is 10.2 Å². The zero-order valence-corrected chi connectivity index (χ0v) is 11.0. The van der Waals surface area contributed by atoms with Crippen LogP contribution in [0.25, 0.3) is 0 Å². The van der Waals surface area contributed by atoms with E-state index in [1.54, 1.807) is 4.90 Å². The van der Waals surface area contributed by atoms with E-state index in [-0.39, 0.29) is 23.7 Å². The standard InChI is InChI=1S/C14H22N2O2/c1-9-5-6-10(7-15-9)8-16-13(17)11-3-2-4-12(11)14(16)18/h9-12,15H,2-8H2,1H3. The third kappa shape index (κ3) is 1.96. The maximum Gasteiger partial charge on any atom is 0.233 e. The molecule has 2 aliphatic heterocycles. The van der Waals surface area contributed by atoms with Crippen molar-refractivity contribution < 1.29 is 9.59 Å². The molecule has 4 atom stereocenters. The fraction of sp³-hybridized carbons (Fsp3) is 0.857. The smallest absolute Gasteiger partial charge is 0.233 e.